The average Bonchev–Trinajstić information content (AvgIpc) is 3.05. The summed E-state index contributed by atoms with van der Waals surface area (Å²) in [5.74, 6) is 0. The maximum Gasteiger partial charge on any atom is 0.0998 e. The number of nitrogens with zero attached hydrogens (tertiary/aromatic N) is 2. The van der Waals surface area contributed by atoms with Crippen LogP contribution < -0.4 is 0 Å². The van der Waals surface area contributed by atoms with Crippen LogP contribution in [0.5, 0.6) is 0 Å². The Kier molecular flexibility index (Phi) is 3.53. The second-order valence-electron chi connectivity index (χ2n) is 5.48. The van der Waals surface area contributed by atoms with Crippen LogP contribution in [0.1, 0.15) is 11.1 Å². The van der Waals surface area contributed by atoms with Crippen molar-refractivity contribution in [2.45, 2.75) is 0 Å². The van der Waals surface area contributed by atoms with Crippen LogP contribution in [-0.2, 0) is 0 Å². The van der Waals surface area contributed by atoms with E-state index < -0.39 is 0 Å². The molecule has 0 aliphatic carbocycles. The molecular formula is C20H12ClN3. The molecule has 0 aliphatic rings. The summed E-state index contributed by atoms with van der Waals surface area (Å²) in [6, 6.07) is 15.9. The summed E-state index contributed by atoms with van der Waals surface area (Å²) in [5, 5.41) is 13.3. The van der Waals surface area contributed by atoms with Crippen LogP contribution >= 0.6 is 11.6 Å². The number of nitriles is 1. The first-order valence-electron chi connectivity index (χ1n) is 7.48. The van der Waals surface area contributed by atoms with Crippen molar-refractivity contribution in [3.05, 3.63) is 77.2 Å². The lowest BCUT2D eigenvalue weighted by atomic mass is 10.00. The lowest BCUT2D eigenvalue weighted by Crippen LogP contribution is -1.84. The third-order valence-corrected chi connectivity index (χ3v) is 4.39. The molecule has 2 aromatic carbocycles. The van der Waals surface area contributed by atoms with E-state index in [9.17, 15) is 5.26 Å². The predicted octanol–water partition coefficient (Wildman–Crippen LogP) is 5.43. The minimum Gasteiger partial charge on any atom is -0.360 e. The number of halogens is 1. The van der Waals surface area contributed by atoms with Gasteiger partial charge in [-0.1, -0.05) is 35.9 Å². The highest BCUT2D eigenvalue weighted by atomic mass is 35.5. The third-order valence-electron chi connectivity index (χ3n) is 4.08. The van der Waals surface area contributed by atoms with E-state index in [-0.39, 0.29) is 0 Å². The van der Waals surface area contributed by atoms with Crippen molar-refractivity contribution in [3.8, 4) is 6.07 Å². The number of aromatic amines is 1. The van der Waals surface area contributed by atoms with Gasteiger partial charge in [0.15, 0.2) is 0 Å². The molecule has 0 atom stereocenters. The van der Waals surface area contributed by atoms with Gasteiger partial charge in [-0.3, -0.25) is 4.98 Å². The summed E-state index contributed by atoms with van der Waals surface area (Å²) in [7, 11) is 0. The monoisotopic (exact) mass is 329 g/mol. The second kappa shape index (κ2) is 5.84. The summed E-state index contributed by atoms with van der Waals surface area (Å²) in [6.45, 7) is 0. The minimum atomic E-state index is 0.568. The summed E-state index contributed by atoms with van der Waals surface area (Å²) in [6.07, 6.45) is 7.31. The first-order chi connectivity index (χ1) is 11.8. The molecule has 2 aromatic heterocycles. The number of nitrogens with one attached hydrogen (secondary N) is 1. The summed E-state index contributed by atoms with van der Waals surface area (Å²) in [5.41, 5.74) is 3.27. The van der Waals surface area contributed by atoms with Crippen molar-refractivity contribution >= 4 is 44.9 Å². The van der Waals surface area contributed by atoms with E-state index in [1.807, 2.05) is 60.9 Å². The van der Waals surface area contributed by atoms with Crippen LogP contribution in [0.25, 0.3) is 33.3 Å². The molecule has 0 spiro atoms. The molecule has 0 amide bonds. The van der Waals surface area contributed by atoms with E-state index in [0.717, 1.165) is 32.8 Å². The SMILES string of the molecule is N#C/C(=C\c1cccc2cnccc12)c1c[nH]c2cccc(Cl)c12. The standard InChI is InChI=1S/C20H12ClN3/c21-18-5-2-6-19-20(18)17(12-24-19)15(10-22)9-13-3-1-4-14-11-23-8-7-16(13)14/h1-9,11-12,24H/b15-9+. The minimum absolute atomic E-state index is 0.568. The van der Waals surface area contributed by atoms with Crippen LogP contribution in [-0.4, -0.2) is 9.97 Å². The van der Waals surface area contributed by atoms with Gasteiger partial charge in [0, 0.05) is 40.4 Å². The van der Waals surface area contributed by atoms with Gasteiger partial charge in [-0.05, 0) is 35.2 Å². The van der Waals surface area contributed by atoms with Crippen LogP contribution in [0.4, 0.5) is 0 Å². The van der Waals surface area contributed by atoms with E-state index in [1.165, 1.54) is 0 Å². The Morgan fingerprint density at radius 3 is 2.92 bits per heavy atom. The Labute approximate surface area is 143 Å². The number of benzene rings is 2. The number of pyridine rings is 1. The van der Waals surface area contributed by atoms with Crippen LogP contribution in [0, 0.1) is 11.3 Å². The van der Waals surface area contributed by atoms with Crippen molar-refractivity contribution in [2.24, 2.45) is 0 Å². The van der Waals surface area contributed by atoms with Crippen LogP contribution in [0.3, 0.4) is 0 Å². The largest absolute Gasteiger partial charge is 0.360 e. The molecule has 0 radical (unpaired) electrons. The van der Waals surface area contributed by atoms with E-state index in [4.69, 9.17) is 11.6 Å². The Bertz CT molecular complexity index is 1130. The van der Waals surface area contributed by atoms with Crippen molar-refractivity contribution in [2.75, 3.05) is 0 Å². The van der Waals surface area contributed by atoms with Crippen molar-refractivity contribution < 1.29 is 0 Å². The van der Waals surface area contributed by atoms with E-state index in [1.54, 1.807) is 6.20 Å². The number of allylic oxidation sites excluding steroid dienone is 1. The van der Waals surface area contributed by atoms with Crippen LogP contribution in [0.2, 0.25) is 5.02 Å². The van der Waals surface area contributed by atoms with Crippen molar-refractivity contribution in [1.29, 1.82) is 5.26 Å². The van der Waals surface area contributed by atoms with Gasteiger partial charge >= 0.3 is 0 Å². The van der Waals surface area contributed by atoms with Gasteiger partial charge in [-0.15, -0.1) is 0 Å². The molecule has 24 heavy (non-hydrogen) atoms. The zero-order chi connectivity index (χ0) is 16.5. The van der Waals surface area contributed by atoms with Crippen molar-refractivity contribution in [3.63, 3.8) is 0 Å². The number of rotatable bonds is 2. The molecule has 0 aliphatic heterocycles. The molecule has 4 rings (SSSR count). The highest BCUT2D eigenvalue weighted by molar-refractivity contribution is 6.36. The maximum absolute atomic E-state index is 9.69. The maximum atomic E-state index is 9.69. The number of H-pyrrole nitrogens is 1. The summed E-state index contributed by atoms with van der Waals surface area (Å²) < 4.78 is 0. The molecule has 0 bridgehead atoms. The van der Waals surface area contributed by atoms with Gasteiger partial charge in [0.25, 0.3) is 0 Å². The molecular weight excluding hydrogens is 318 g/mol. The van der Waals surface area contributed by atoms with Crippen LogP contribution in [0.15, 0.2) is 61.1 Å². The summed E-state index contributed by atoms with van der Waals surface area (Å²) in [4.78, 5) is 7.33. The molecule has 0 fully saturated rings. The topological polar surface area (TPSA) is 52.5 Å². The molecule has 1 N–H and O–H groups in total. The number of hydrogen-bond donors (Lipinski definition) is 1. The first kappa shape index (κ1) is 14.5. The molecule has 2 heterocycles. The zero-order valence-electron chi connectivity index (χ0n) is 12.6. The predicted molar refractivity (Wildman–Crippen MR) is 98.5 cm³/mol. The summed E-state index contributed by atoms with van der Waals surface area (Å²) >= 11 is 6.34. The highest BCUT2D eigenvalue weighted by Crippen LogP contribution is 2.32. The Morgan fingerprint density at radius 1 is 1.17 bits per heavy atom. The Hall–Kier alpha value is -3.09. The lowest BCUT2D eigenvalue weighted by Gasteiger charge is -2.04. The molecule has 4 aromatic rings. The molecule has 0 saturated heterocycles. The Morgan fingerprint density at radius 2 is 2.04 bits per heavy atom. The van der Waals surface area contributed by atoms with Crippen molar-refractivity contribution in [1.82, 2.24) is 9.97 Å². The second-order valence-corrected chi connectivity index (χ2v) is 5.89. The van der Waals surface area contributed by atoms with Gasteiger partial charge in [0.05, 0.1) is 16.7 Å². The Balaban J connectivity index is 1.95. The smallest absolute Gasteiger partial charge is 0.0998 e. The van der Waals surface area contributed by atoms with E-state index in [0.29, 0.717) is 10.6 Å². The molecule has 3 nitrogen and oxygen atoms in total. The van der Waals surface area contributed by atoms with Gasteiger partial charge in [0.2, 0.25) is 0 Å². The molecule has 0 saturated carbocycles. The fraction of sp³-hybridized carbons (Fsp3) is 0. The first-order valence-corrected chi connectivity index (χ1v) is 7.86. The number of fused-ring (bicyclic) bond motifs is 2. The fourth-order valence-corrected chi connectivity index (χ4v) is 3.23. The highest BCUT2D eigenvalue weighted by Gasteiger charge is 2.12. The zero-order valence-corrected chi connectivity index (χ0v) is 13.4. The number of hydrogen-bond acceptors (Lipinski definition) is 2. The molecule has 0 unspecified atom stereocenters. The quantitative estimate of drug-likeness (QED) is 0.498. The third kappa shape index (κ3) is 2.34. The average molecular weight is 330 g/mol. The molecule has 4 heteroatoms. The molecule has 114 valence electrons. The lowest BCUT2D eigenvalue weighted by molar-refractivity contribution is 1.36. The van der Waals surface area contributed by atoms with Gasteiger partial charge < -0.3 is 4.98 Å². The normalized spacial score (nSPS) is 11.8. The fourth-order valence-electron chi connectivity index (χ4n) is 2.95. The van der Waals surface area contributed by atoms with Gasteiger partial charge in [0.1, 0.15) is 0 Å². The van der Waals surface area contributed by atoms with E-state index in [2.05, 4.69) is 16.0 Å². The number of aromatic nitrogens is 2. The van der Waals surface area contributed by atoms with Gasteiger partial charge in [-0.2, -0.15) is 5.26 Å². The van der Waals surface area contributed by atoms with Gasteiger partial charge in [-0.25, -0.2) is 0 Å². The van der Waals surface area contributed by atoms with E-state index >= 15 is 0 Å².